The zero-order valence-electron chi connectivity index (χ0n) is 12.0. The number of carbonyl (C=O) groups excluding carboxylic acids is 2. The molecule has 0 saturated carbocycles. The lowest BCUT2D eigenvalue weighted by Gasteiger charge is -2.13. The first-order valence-corrected chi connectivity index (χ1v) is 6.42. The lowest BCUT2D eigenvalue weighted by atomic mass is 10.1. The summed E-state index contributed by atoms with van der Waals surface area (Å²) in [7, 11) is 1.56. The Morgan fingerprint density at radius 1 is 1.20 bits per heavy atom. The third-order valence-corrected chi connectivity index (χ3v) is 2.74. The van der Waals surface area contributed by atoms with E-state index in [1.54, 1.807) is 31.3 Å². The lowest BCUT2D eigenvalue weighted by molar-refractivity contribution is 0.0950. The summed E-state index contributed by atoms with van der Waals surface area (Å²) < 4.78 is 0. The molecular formula is C14H22ClN3O2. The molecule has 0 aromatic heterocycles. The van der Waals surface area contributed by atoms with Crippen LogP contribution in [0.1, 0.15) is 34.6 Å². The van der Waals surface area contributed by atoms with Crippen molar-refractivity contribution in [2.24, 2.45) is 0 Å². The van der Waals surface area contributed by atoms with Gasteiger partial charge in [0.2, 0.25) is 0 Å². The van der Waals surface area contributed by atoms with E-state index in [0.29, 0.717) is 17.7 Å². The van der Waals surface area contributed by atoms with Crippen LogP contribution in [-0.2, 0) is 0 Å². The highest BCUT2D eigenvalue weighted by molar-refractivity contribution is 5.99. The van der Waals surface area contributed by atoms with Crippen LogP contribution in [0.5, 0.6) is 0 Å². The Labute approximate surface area is 125 Å². The summed E-state index contributed by atoms with van der Waals surface area (Å²) in [5.41, 5.74) is 0.972. The Morgan fingerprint density at radius 2 is 1.80 bits per heavy atom. The standard InChI is InChI=1S/C14H21N3O2.ClH/c1-4-16-10(2)9-17-14(19)12-7-5-6-11(8-12)13(18)15-3;/h5-8,10,16H,4,9H2,1-3H3,(H,15,18)(H,17,19);1H/t10-;/m1./s1. The molecule has 20 heavy (non-hydrogen) atoms. The first-order valence-electron chi connectivity index (χ1n) is 6.42. The minimum atomic E-state index is -0.198. The summed E-state index contributed by atoms with van der Waals surface area (Å²) in [6, 6.07) is 6.88. The molecule has 0 aliphatic carbocycles. The second-order valence-corrected chi connectivity index (χ2v) is 4.33. The summed E-state index contributed by atoms with van der Waals surface area (Å²) in [6.45, 7) is 5.44. The van der Waals surface area contributed by atoms with Crippen LogP contribution < -0.4 is 16.0 Å². The molecule has 1 aromatic rings. The van der Waals surface area contributed by atoms with Gasteiger partial charge < -0.3 is 16.0 Å². The molecule has 0 unspecified atom stereocenters. The molecule has 0 aliphatic heterocycles. The van der Waals surface area contributed by atoms with Gasteiger partial charge in [-0.25, -0.2) is 0 Å². The van der Waals surface area contributed by atoms with Crippen molar-refractivity contribution in [2.75, 3.05) is 20.1 Å². The van der Waals surface area contributed by atoms with Gasteiger partial charge in [-0.05, 0) is 31.7 Å². The molecule has 112 valence electrons. The molecule has 0 saturated heterocycles. The van der Waals surface area contributed by atoms with Crippen LogP contribution in [0.3, 0.4) is 0 Å². The van der Waals surface area contributed by atoms with E-state index >= 15 is 0 Å². The van der Waals surface area contributed by atoms with Crippen LogP contribution in [0.15, 0.2) is 24.3 Å². The van der Waals surface area contributed by atoms with Gasteiger partial charge in [-0.15, -0.1) is 12.4 Å². The Bertz CT molecular complexity index is 452. The van der Waals surface area contributed by atoms with E-state index in [1.165, 1.54) is 0 Å². The van der Waals surface area contributed by atoms with E-state index in [-0.39, 0.29) is 30.3 Å². The van der Waals surface area contributed by atoms with E-state index in [2.05, 4.69) is 16.0 Å². The van der Waals surface area contributed by atoms with Gasteiger partial charge in [0.25, 0.3) is 11.8 Å². The zero-order chi connectivity index (χ0) is 14.3. The van der Waals surface area contributed by atoms with Gasteiger partial charge in [-0.2, -0.15) is 0 Å². The highest BCUT2D eigenvalue weighted by atomic mass is 35.5. The zero-order valence-corrected chi connectivity index (χ0v) is 12.8. The van der Waals surface area contributed by atoms with Crippen molar-refractivity contribution >= 4 is 24.2 Å². The van der Waals surface area contributed by atoms with Gasteiger partial charge in [0.05, 0.1) is 0 Å². The van der Waals surface area contributed by atoms with Crippen LogP contribution in [0.2, 0.25) is 0 Å². The molecule has 0 radical (unpaired) electrons. The number of benzene rings is 1. The summed E-state index contributed by atoms with van der Waals surface area (Å²) in [6.07, 6.45) is 0. The molecule has 0 spiro atoms. The van der Waals surface area contributed by atoms with E-state index in [9.17, 15) is 9.59 Å². The molecule has 0 aliphatic rings. The predicted octanol–water partition coefficient (Wildman–Crippen LogP) is 1.20. The Morgan fingerprint density at radius 3 is 2.35 bits per heavy atom. The average molecular weight is 300 g/mol. The van der Waals surface area contributed by atoms with Crippen molar-refractivity contribution in [3.63, 3.8) is 0 Å². The molecule has 0 bridgehead atoms. The van der Waals surface area contributed by atoms with Crippen molar-refractivity contribution in [3.8, 4) is 0 Å². The van der Waals surface area contributed by atoms with E-state index in [4.69, 9.17) is 0 Å². The van der Waals surface area contributed by atoms with Crippen LogP contribution in [0.4, 0.5) is 0 Å². The van der Waals surface area contributed by atoms with Crippen molar-refractivity contribution in [2.45, 2.75) is 19.9 Å². The second kappa shape index (κ2) is 9.34. The van der Waals surface area contributed by atoms with Gasteiger partial charge in [-0.3, -0.25) is 9.59 Å². The molecule has 1 aromatic carbocycles. The van der Waals surface area contributed by atoms with Crippen LogP contribution in [0, 0.1) is 0 Å². The highest BCUT2D eigenvalue weighted by Gasteiger charge is 2.10. The molecule has 2 amide bonds. The quantitative estimate of drug-likeness (QED) is 0.739. The first-order chi connectivity index (χ1) is 9.08. The van der Waals surface area contributed by atoms with E-state index < -0.39 is 0 Å². The maximum Gasteiger partial charge on any atom is 0.251 e. The minimum absolute atomic E-state index is 0. The summed E-state index contributed by atoms with van der Waals surface area (Å²) in [4.78, 5) is 23.4. The molecule has 1 rings (SSSR count). The Balaban J connectivity index is 0.00000361. The van der Waals surface area contributed by atoms with E-state index in [0.717, 1.165) is 6.54 Å². The smallest absolute Gasteiger partial charge is 0.251 e. The number of hydrogen-bond donors (Lipinski definition) is 3. The molecule has 0 heterocycles. The van der Waals surface area contributed by atoms with Gasteiger partial charge in [0.15, 0.2) is 0 Å². The molecule has 0 fully saturated rings. The molecular weight excluding hydrogens is 278 g/mol. The Kier molecular flexibility index (Phi) is 8.59. The summed E-state index contributed by atoms with van der Waals surface area (Å²) in [5.74, 6) is -0.369. The predicted molar refractivity (Wildman–Crippen MR) is 82.6 cm³/mol. The third-order valence-electron chi connectivity index (χ3n) is 2.74. The summed E-state index contributed by atoms with van der Waals surface area (Å²) >= 11 is 0. The fourth-order valence-corrected chi connectivity index (χ4v) is 1.71. The second-order valence-electron chi connectivity index (χ2n) is 4.33. The average Bonchev–Trinajstić information content (AvgIpc) is 2.44. The maximum atomic E-state index is 11.9. The molecule has 1 atom stereocenters. The first kappa shape index (κ1) is 18.4. The minimum Gasteiger partial charge on any atom is -0.355 e. The number of nitrogens with one attached hydrogen (secondary N) is 3. The monoisotopic (exact) mass is 299 g/mol. The number of likely N-dealkylation sites (N-methyl/N-ethyl adjacent to an activating group) is 1. The van der Waals surface area contributed by atoms with Gasteiger partial charge in [0, 0.05) is 30.8 Å². The maximum absolute atomic E-state index is 11.9. The van der Waals surface area contributed by atoms with Crippen molar-refractivity contribution < 1.29 is 9.59 Å². The molecule has 3 N–H and O–H groups in total. The molecule has 6 heteroatoms. The van der Waals surface area contributed by atoms with Gasteiger partial charge in [-0.1, -0.05) is 13.0 Å². The number of halogens is 1. The Hall–Kier alpha value is -1.59. The fraction of sp³-hybridized carbons (Fsp3) is 0.429. The van der Waals surface area contributed by atoms with E-state index in [1.807, 2.05) is 13.8 Å². The van der Waals surface area contributed by atoms with Crippen molar-refractivity contribution in [3.05, 3.63) is 35.4 Å². The highest BCUT2D eigenvalue weighted by Crippen LogP contribution is 2.05. The van der Waals surface area contributed by atoms with Crippen LogP contribution >= 0.6 is 12.4 Å². The van der Waals surface area contributed by atoms with Gasteiger partial charge in [0.1, 0.15) is 0 Å². The van der Waals surface area contributed by atoms with Crippen LogP contribution in [0.25, 0.3) is 0 Å². The number of carbonyl (C=O) groups is 2. The van der Waals surface area contributed by atoms with Crippen molar-refractivity contribution in [1.82, 2.24) is 16.0 Å². The van der Waals surface area contributed by atoms with Crippen LogP contribution in [-0.4, -0.2) is 38.0 Å². The fourth-order valence-electron chi connectivity index (χ4n) is 1.71. The SMILES string of the molecule is CCN[C@H](C)CNC(=O)c1cccc(C(=O)NC)c1.Cl. The number of amides is 2. The normalized spacial score (nSPS) is 11.2. The molecule has 5 nitrogen and oxygen atoms in total. The topological polar surface area (TPSA) is 70.2 Å². The third kappa shape index (κ3) is 5.59. The number of hydrogen-bond acceptors (Lipinski definition) is 3. The number of rotatable bonds is 6. The lowest BCUT2D eigenvalue weighted by Crippen LogP contribution is -2.38. The summed E-state index contributed by atoms with van der Waals surface area (Å²) in [5, 5.41) is 8.58. The van der Waals surface area contributed by atoms with Gasteiger partial charge >= 0.3 is 0 Å². The van der Waals surface area contributed by atoms with Crippen molar-refractivity contribution in [1.29, 1.82) is 0 Å². The largest absolute Gasteiger partial charge is 0.355 e.